The first kappa shape index (κ1) is 17.3. The minimum Gasteiger partial charge on any atom is -0.591 e. The molecular weight excluding hydrogens is 339 g/mol. The van der Waals surface area contributed by atoms with Crippen molar-refractivity contribution in [2.45, 2.75) is 25.5 Å². The second-order valence-electron chi connectivity index (χ2n) is 5.71. The lowest BCUT2D eigenvalue weighted by Crippen LogP contribution is -2.25. The van der Waals surface area contributed by atoms with Crippen molar-refractivity contribution in [2.24, 2.45) is 4.40 Å². The van der Waals surface area contributed by atoms with Crippen LogP contribution in [0.15, 0.2) is 40.8 Å². The Morgan fingerprint density at radius 3 is 2.55 bits per heavy atom. The highest BCUT2D eigenvalue weighted by Crippen LogP contribution is 2.24. The largest absolute Gasteiger partial charge is 0.591 e. The lowest BCUT2D eigenvalue weighted by atomic mass is 10.1. The topological polar surface area (TPSA) is 48.3 Å². The zero-order chi connectivity index (χ0) is 16.3. The van der Waals surface area contributed by atoms with Crippen molar-refractivity contribution in [2.75, 3.05) is 0 Å². The zero-order valence-corrected chi connectivity index (χ0v) is 14.8. The predicted octanol–water partition coefficient (Wildman–Crippen LogP) is 4.94. The van der Waals surface area contributed by atoms with E-state index in [0.29, 0.717) is 15.9 Å². The van der Waals surface area contributed by atoms with Gasteiger partial charge in [-0.2, -0.15) is 0 Å². The Kier molecular flexibility index (Phi) is 5.50. The Hall–Kier alpha value is -1.07. The number of benzene rings is 1. The fourth-order valence-electron chi connectivity index (χ4n) is 1.65. The van der Waals surface area contributed by atoms with E-state index in [9.17, 15) is 4.55 Å². The molecule has 0 amide bonds. The molecule has 0 spiro atoms. The van der Waals surface area contributed by atoms with Gasteiger partial charge in [0.1, 0.15) is 21.3 Å². The summed E-state index contributed by atoms with van der Waals surface area (Å²) in [7, 11) is 0. The summed E-state index contributed by atoms with van der Waals surface area (Å²) in [6, 6.07) is 10.9. The molecule has 1 aromatic heterocycles. The van der Waals surface area contributed by atoms with Gasteiger partial charge in [-0.05, 0) is 45.0 Å². The Morgan fingerprint density at radius 2 is 1.91 bits per heavy atom. The van der Waals surface area contributed by atoms with E-state index in [1.807, 2.05) is 45.0 Å². The Bertz CT molecular complexity index is 699. The van der Waals surface area contributed by atoms with E-state index in [4.69, 9.17) is 23.2 Å². The molecule has 2 rings (SSSR count). The Morgan fingerprint density at radius 1 is 1.18 bits per heavy atom. The van der Waals surface area contributed by atoms with Crippen LogP contribution in [0, 0.1) is 0 Å². The highest BCUT2D eigenvalue weighted by Gasteiger charge is 2.25. The molecule has 0 aliphatic carbocycles. The average molecular weight is 355 g/mol. The summed E-state index contributed by atoms with van der Waals surface area (Å²) in [5.74, 6) is 0. The van der Waals surface area contributed by atoms with E-state index in [1.165, 1.54) is 0 Å². The Balaban J connectivity index is 2.33. The van der Waals surface area contributed by atoms with Crippen LogP contribution < -0.4 is 0 Å². The molecule has 0 radical (unpaired) electrons. The number of nitrogens with zero attached hydrogens (tertiary/aromatic N) is 2. The molecule has 1 atom stereocenters. The van der Waals surface area contributed by atoms with Crippen LogP contribution in [0.3, 0.4) is 0 Å². The molecule has 0 fully saturated rings. The first-order valence-corrected chi connectivity index (χ1v) is 8.51. The summed E-state index contributed by atoms with van der Waals surface area (Å²) in [6.07, 6.45) is 1.56. The molecule has 2 aromatic rings. The van der Waals surface area contributed by atoms with E-state index < -0.39 is 16.1 Å². The van der Waals surface area contributed by atoms with Crippen LogP contribution in [-0.4, -0.2) is 20.5 Å². The number of aromatic nitrogens is 1. The summed E-state index contributed by atoms with van der Waals surface area (Å²) in [5, 5.41) is 0.976. The van der Waals surface area contributed by atoms with Crippen molar-refractivity contribution < 1.29 is 4.55 Å². The van der Waals surface area contributed by atoms with Crippen molar-refractivity contribution in [1.29, 1.82) is 0 Å². The van der Waals surface area contributed by atoms with Crippen molar-refractivity contribution in [1.82, 2.24) is 4.98 Å². The van der Waals surface area contributed by atoms with Gasteiger partial charge in [0.05, 0.1) is 11.9 Å². The number of halogens is 2. The lowest BCUT2D eigenvalue weighted by Gasteiger charge is -2.17. The summed E-state index contributed by atoms with van der Waals surface area (Å²) < 4.78 is 15.7. The van der Waals surface area contributed by atoms with Gasteiger partial charge in [-0.1, -0.05) is 39.7 Å². The van der Waals surface area contributed by atoms with Gasteiger partial charge in [-0.25, -0.2) is 4.98 Å². The van der Waals surface area contributed by atoms with Gasteiger partial charge in [0.15, 0.2) is 0 Å². The predicted molar refractivity (Wildman–Crippen MR) is 95.2 cm³/mol. The lowest BCUT2D eigenvalue weighted by molar-refractivity contribution is 0.562. The fourth-order valence-corrected chi connectivity index (χ4v) is 2.59. The van der Waals surface area contributed by atoms with E-state index in [1.54, 1.807) is 18.3 Å². The van der Waals surface area contributed by atoms with Gasteiger partial charge < -0.3 is 4.55 Å². The van der Waals surface area contributed by atoms with Crippen LogP contribution in [0.5, 0.6) is 0 Å². The third kappa shape index (κ3) is 4.71. The van der Waals surface area contributed by atoms with Gasteiger partial charge in [0, 0.05) is 16.1 Å². The van der Waals surface area contributed by atoms with Gasteiger partial charge >= 0.3 is 0 Å². The summed E-state index contributed by atoms with van der Waals surface area (Å²) in [4.78, 5) is 4.29. The van der Waals surface area contributed by atoms with Crippen LogP contribution in [0.2, 0.25) is 10.2 Å². The standard InChI is InChI=1S/C16H16Cl2N2OS/c1-16(2,3)22(21)19-10-11-7-14(20-15(18)8-11)12-5-4-6-13(17)9-12/h4-10H,1-3H3. The molecule has 3 nitrogen and oxygen atoms in total. The van der Waals surface area contributed by atoms with E-state index >= 15 is 0 Å². The number of rotatable bonds is 3. The highest BCUT2D eigenvalue weighted by molar-refractivity contribution is 7.91. The molecule has 1 unspecified atom stereocenters. The third-order valence-corrected chi connectivity index (χ3v) is 4.53. The SMILES string of the molecule is CC(C)(C)[S+]([O-])N=Cc1cc(Cl)nc(-c2cccc(Cl)c2)c1. The Labute approximate surface area is 143 Å². The molecule has 0 aliphatic heterocycles. The fraction of sp³-hybridized carbons (Fsp3) is 0.250. The first-order chi connectivity index (χ1) is 10.3. The molecule has 0 bridgehead atoms. The molecule has 0 saturated heterocycles. The molecule has 1 heterocycles. The maximum atomic E-state index is 12.0. The van der Waals surface area contributed by atoms with Gasteiger partial charge in [-0.3, -0.25) is 0 Å². The minimum atomic E-state index is -1.31. The quantitative estimate of drug-likeness (QED) is 0.445. The van der Waals surface area contributed by atoms with E-state index in [-0.39, 0.29) is 0 Å². The second-order valence-corrected chi connectivity index (χ2v) is 8.47. The van der Waals surface area contributed by atoms with Crippen molar-refractivity contribution in [3.05, 3.63) is 52.1 Å². The number of hydrogen-bond acceptors (Lipinski definition) is 3. The smallest absolute Gasteiger partial charge is 0.144 e. The van der Waals surface area contributed by atoms with Crippen LogP contribution in [-0.2, 0) is 11.4 Å². The van der Waals surface area contributed by atoms with Crippen LogP contribution in [0.25, 0.3) is 11.3 Å². The monoisotopic (exact) mass is 354 g/mol. The van der Waals surface area contributed by atoms with Crippen LogP contribution in [0.1, 0.15) is 26.3 Å². The third-order valence-electron chi connectivity index (χ3n) is 2.76. The second kappa shape index (κ2) is 7.01. The molecule has 0 aliphatic rings. The van der Waals surface area contributed by atoms with Crippen molar-refractivity contribution >= 4 is 40.8 Å². The van der Waals surface area contributed by atoms with E-state index in [0.717, 1.165) is 11.1 Å². The average Bonchev–Trinajstić information content (AvgIpc) is 2.43. The maximum absolute atomic E-state index is 12.0. The van der Waals surface area contributed by atoms with Gasteiger partial charge in [0.2, 0.25) is 0 Å². The molecule has 22 heavy (non-hydrogen) atoms. The highest BCUT2D eigenvalue weighted by atomic mass is 35.5. The van der Waals surface area contributed by atoms with Crippen LogP contribution >= 0.6 is 23.2 Å². The van der Waals surface area contributed by atoms with Crippen molar-refractivity contribution in [3.63, 3.8) is 0 Å². The minimum absolute atomic E-state index is 0.348. The van der Waals surface area contributed by atoms with E-state index in [2.05, 4.69) is 9.38 Å². The summed E-state index contributed by atoms with van der Waals surface area (Å²) >= 11 is 10.7. The molecular formula is C16H16Cl2N2OS. The molecule has 116 valence electrons. The number of pyridine rings is 1. The van der Waals surface area contributed by atoms with Gasteiger partial charge in [0.25, 0.3) is 0 Å². The number of hydrogen-bond donors (Lipinski definition) is 0. The summed E-state index contributed by atoms with van der Waals surface area (Å²) in [6.45, 7) is 5.62. The molecule has 0 saturated carbocycles. The van der Waals surface area contributed by atoms with Gasteiger partial charge in [-0.15, -0.1) is 0 Å². The normalized spacial score (nSPS) is 13.5. The molecule has 0 N–H and O–H groups in total. The zero-order valence-electron chi connectivity index (χ0n) is 12.5. The first-order valence-electron chi connectivity index (χ1n) is 6.65. The molecule has 1 aromatic carbocycles. The van der Waals surface area contributed by atoms with Crippen molar-refractivity contribution in [3.8, 4) is 11.3 Å². The molecule has 6 heteroatoms. The summed E-state index contributed by atoms with van der Waals surface area (Å²) in [5.41, 5.74) is 2.30. The maximum Gasteiger partial charge on any atom is 0.144 e. The van der Waals surface area contributed by atoms with Crippen LogP contribution in [0.4, 0.5) is 0 Å².